The van der Waals surface area contributed by atoms with Crippen LogP contribution in [0.2, 0.25) is 0 Å². The summed E-state index contributed by atoms with van der Waals surface area (Å²) in [6.07, 6.45) is 0.847. The zero-order chi connectivity index (χ0) is 15.5. The van der Waals surface area contributed by atoms with E-state index in [1.165, 1.54) is 11.3 Å². The summed E-state index contributed by atoms with van der Waals surface area (Å²) in [5.41, 5.74) is 6.61. The van der Waals surface area contributed by atoms with Gasteiger partial charge in [-0.1, -0.05) is 27.7 Å². The van der Waals surface area contributed by atoms with E-state index in [4.69, 9.17) is 5.73 Å². The van der Waals surface area contributed by atoms with Crippen molar-refractivity contribution >= 4 is 17.2 Å². The highest BCUT2D eigenvalue weighted by Crippen LogP contribution is 2.24. The van der Waals surface area contributed by atoms with Gasteiger partial charge in [0.2, 0.25) is 0 Å². The molecule has 4 nitrogen and oxygen atoms in total. The summed E-state index contributed by atoms with van der Waals surface area (Å²) in [6, 6.07) is 0. The Balaban J connectivity index is 2.91. The second-order valence-electron chi connectivity index (χ2n) is 6.64. The van der Waals surface area contributed by atoms with Crippen molar-refractivity contribution in [1.82, 2.24) is 9.88 Å². The van der Waals surface area contributed by atoms with E-state index in [1.807, 2.05) is 14.0 Å². The van der Waals surface area contributed by atoms with Crippen LogP contribution in [0, 0.1) is 18.3 Å². The molecule has 20 heavy (non-hydrogen) atoms. The lowest BCUT2D eigenvalue weighted by Gasteiger charge is -2.28. The number of thiazole rings is 1. The third-order valence-corrected chi connectivity index (χ3v) is 4.17. The van der Waals surface area contributed by atoms with E-state index in [0.29, 0.717) is 19.0 Å². The van der Waals surface area contributed by atoms with Crippen molar-refractivity contribution in [1.29, 1.82) is 0 Å². The summed E-state index contributed by atoms with van der Waals surface area (Å²) in [5, 5.41) is 0.954. The van der Waals surface area contributed by atoms with Crippen LogP contribution in [0.5, 0.6) is 0 Å². The molecule has 0 unspecified atom stereocenters. The number of rotatable bonds is 6. The molecule has 0 saturated heterocycles. The zero-order valence-corrected chi connectivity index (χ0v) is 14.3. The fourth-order valence-corrected chi connectivity index (χ4v) is 3.06. The zero-order valence-electron chi connectivity index (χ0n) is 13.5. The standard InChI is InChI=1S/C15H27N3OS/c1-10(2)7-12-13(20-11(3)17-12)14(19)18(6)9-15(4,5)8-16/h10H,7-9,16H2,1-6H3. The number of aromatic nitrogens is 1. The van der Waals surface area contributed by atoms with Gasteiger partial charge in [-0.05, 0) is 31.2 Å². The van der Waals surface area contributed by atoms with Gasteiger partial charge in [-0.15, -0.1) is 11.3 Å². The van der Waals surface area contributed by atoms with Crippen LogP contribution in [0.1, 0.15) is 48.1 Å². The van der Waals surface area contributed by atoms with E-state index in [1.54, 1.807) is 4.90 Å². The molecular weight excluding hydrogens is 270 g/mol. The summed E-state index contributed by atoms with van der Waals surface area (Å²) >= 11 is 1.49. The summed E-state index contributed by atoms with van der Waals surface area (Å²) in [7, 11) is 1.84. The van der Waals surface area contributed by atoms with Crippen molar-refractivity contribution in [2.45, 2.75) is 41.0 Å². The van der Waals surface area contributed by atoms with Crippen LogP contribution in [-0.2, 0) is 6.42 Å². The highest BCUT2D eigenvalue weighted by atomic mass is 32.1. The molecule has 0 fully saturated rings. The van der Waals surface area contributed by atoms with Crippen molar-refractivity contribution in [2.24, 2.45) is 17.1 Å². The average molecular weight is 297 g/mol. The molecule has 0 aliphatic heterocycles. The number of carbonyl (C=O) groups excluding carboxylic acids is 1. The number of aryl methyl sites for hydroxylation is 1. The van der Waals surface area contributed by atoms with Gasteiger partial charge in [0.25, 0.3) is 5.91 Å². The number of hydrogen-bond acceptors (Lipinski definition) is 4. The van der Waals surface area contributed by atoms with Crippen LogP contribution in [-0.4, -0.2) is 35.9 Å². The van der Waals surface area contributed by atoms with Gasteiger partial charge in [-0.3, -0.25) is 4.79 Å². The Morgan fingerprint density at radius 1 is 1.45 bits per heavy atom. The number of nitrogens with two attached hydrogens (primary N) is 1. The first-order valence-electron chi connectivity index (χ1n) is 7.08. The number of amides is 1. The number of carbonyl (C=O) groups is 1. The van der Waals surface area contributed by atoms with Crippen molar-refractivity contribution < 1.29 is 4.79 Å². The third-order valence-electron chi connectivity index (χ3n) is 3.16. The van der Waals surface area contributed by atoms with Gasteiger partial charge < -0.3 is 10.6 Å². The van der Waals surface area contributed by atoms with Crippen LogP contribution < -0.4 is 5.73 Å². The molecule has 114 valence electrons. The third kappa shape index (κ3) is 4.56. The molecule has 0 atom stereocenters. The Morgan fingerprint density at radius 2 is 2.05 bits per heavy atom. The van der Waals surface area contributed by atoms with Gasteiger partial charge in [-0.2, -0.15) is 0 Å². The Hall–Kier alpha value is -0.940. The van der Waals surface area contributed by atoms with Crippen LogP contribution in [0.15, 0.2) is 0 Å². The lowest BCUT2D eigenvalue weighted by Crippen LogP contribution is -2.39. The maximum absolute atomic E-state index is 12.6. The predicted octanol–water partition coefficient (Wildman–Crippen LogP) is 2.71. The van der Waals surface area contributed by atoms with Crippen LogP contribution >= 0.6 is 11.3 Å². The largest absolute Gasteiger partial charge is 0.340 e. The minimum Gasteiger partial charge on any atom is -0.340 e. The molecule has 1 aromatic heterocycles. The van der Waals surface area contributed by atoms with Gasteiger partial charge in [0.15, 0.2) is 0 Å². The molecule has 0 bridgehead atoms. The molecule has 0 aromatic carbocycles. The molecule has 0 saturated carbocycles. The van der Waals surface area contributed by atoms with Gasteiger partial charge in [0.05, 0.1) is 10.7 Å². The smallest absolute Gasteiger partial charge is 0.265 e. The van der Waals surface area contributed by atoms with E-state index < -0.39 is 0 Å². The first kappa shape index (κ1) is 17.1. The molecule has 0 aliphatic carbocycles. The lowest BCUT2D eigenvalue weighted by molar-refractivity contribution is 0.0744. The molecule has 0 radical (unpaired) electrons. The Bertz CT molecular complexity index is 466. The van der Waals surface area contributed by atoms with E-state index in [-0.39, 0.29) is 11.3 Å². The maximum Gasteiger partial charge on any atom is 0.265 e. The predicted molar refractivity (Wildman–Crippen MR) is 85.2 cm³/mol. The molecule has 1 heterocycles. The summed E-state index contributed by atoms with van der Waals surface area (Å²) in [5.74, 6) is 0.557. The number of hydrogen-bond donors (Lipinski definition) is 1. The van der Waals surface area contributed by atoms with Crippen LogP contribution in [0.3, 0.4) is 0 Å². The summed E-state index contributed by atoms with van der Waals surface area (Å²) < 4.78 is 0. The molecular formula is C15H27N3OS. The lowest BCUT2D eigenvalue weighted by atomic mass is 9.93. The van der Waals surface area contributed by atoms with Gasteiger partial charge >= 0.3 is 0 Å². The minimum atomic E-state index is -0.0671. The number of nitrogens with zero attached hydrogens (tertiary/aromatic N) is 2. The molecule has 5 heteroatoms. The van der Waals surface area contributed by atoms with E-state index in [9.17, 15) is 4.79 Å². The Kier molecular flexibility index (Phi) is 5.71. The maximum atomic E-state index is 12.6. The van der Waals surface area contributed by atoms with Crippen LogP contribution in [0.25, 0.3) is 0 Å². The van der Waals surface area contributed by atoms with E-state index in [2.05, 4.69) is 32.7 Å². The monoisotopic (exact) mass is 297 g/mol. The summed E-state index contributed by atoms with van der Waals surface area (Å²) in [6.45, 7) is 11.6. The van der Waals surface area contributed by atoms with Crippen molar-refractivity contribution in [3.8, 4) is 0 Å². The second kappa shape index (κ2) is 6.68. The van der Waals surface area contributed by atoms with Gasteiger partial charge in [0, 0.05) is 13.6 Å². The molecule has 0 spiro atoms. The van der Waals surface area contributed by atoms with Crippen molar-refractivity contribution in [3.05, 3.63) is 15.6 Å². The Labute approximate surface area is 126 Å². The quantitative estimate of drug-likeness (QED) is 0.878. The average Bonchev–Trinajstić information content (AvgIpc) is 2.67. The molecule has 1 amide bonds. The van der Waals surface area contributed by atoms with E-state index >= 15 is 0 Å². The fraction of sp³-hybridized carbons (Fsp3) is 0.733. The molecule has 1 rings (SSSR count). The minimum absolute atomic E-state index is 0.0628. The van der Waals surface area contributed by atoms with Gasteiger partial charge in [-0.25, -0.2) is 4.98 Å². The van der Waals surface area contributed by atoms with E-state index in [0.717, 1.165) is 22.0 Å². The second-order valence-corrected chi connectivity index (χ2v) is 7.84. The van der Waals surface area contributed by atoms with Crippen molar-refractivity contribution in [2.75, 3.05) is 20.1 Å². The topological polar surface area (TPSA) is 59.2 Å². The highest BCUT2D eigenvalue weighted by Gasteiger charge is 2.25. The Morgan fingerprint density at radius 3 is 2.55 bits per heavy atom. The highest BCUT2D eigenvalue weighted by molar-refractivity contribution is 7.13. The fourth-order valence-electron chi connectivity index (χ4n) is 2.11. The van der Waals surface area contributed by atoms with Crippen molar-refractivity contribution in [3.63, 3.8) is 0 Å². The first-order valence-corrected chi connectivity index (χ1v) is 7.89. The molecule has 2 N–H and O–H groups in total. The first-order chi connectivity index (χ1) is 9.16. The molecule has 1 aromatic rings. The van der Waals surface area contributed by atoms with Gasteiger partial charge in [0.1, 0.15) is 4.88 Å². The SMILES string of the molecule is Cc1nc(CC(C)C)c(C(=O)N(C)CC(C)(C)CN)s1. The normalized spacial score (nSPS) is 12.0. The molecule has 0 aliphatic rings. The van der Waals surface area contributed by atoms with Crippen LogP contribution in [0.4, 0.5) is 0 Å². The summed E-state index contributed by atoms with van der Waals surface area (Å²) in [4.78, 5) is 19.7.